The minimum Gasteiger partial charge on any atom is -0.354 e. The molecule has 0 heterocycles. The molecule has 0 unspecified atom stereocenters. The summed E-state index contributed by atoms with van der Waals surface area (Å²) in [4.78, 5) is 12.1. The van der Waals surface area contributed by atoms with Gasteiger partial charge >= 0.3 is 0 Å². The number of rotatable bonds is 7. The van der Waals surface area contributed by atoms with Crippen molar-refractivity contribution in [2.24, 2.45) is 0 Å². The van der Waals surface area contributed by atoms with E-state index in [1.54, 1.807) is 0 Å². The largest absolute Gasteiger partial charge is 0.354 e. The smallest absolute Gasteiger partial charge is 0.232 e. The molecule has 0 aromatic heterocycles. The average Bonchev–Trinajstić information content (AvgIpc) is 2.49. The van der Waals surface area contributed by atoms with Gasteiger partial charge in [0.25, 0.3) is 0 Å². The molecular weight excluding hydrogens is 348 g/mol. The van der Waals surface area contributed by atoms with Crippen molar-refractivity contribution in [1.29, 1.82) is 0 Å². The highest BCUT2D eigenvalue weighted by Crippen LogP contribution is 2.20. The molecule has 0 aliphatic rings. The molecule has 2 rings (SSSR count). The summed E-state index contributed by atoms with van der Waals surface area (Å²) < 4.78 is 25.7. The molecule has 2 aromatic carbocycles. The molecule has 1 amide bonds. The van der Waals surface area contributed by atoms with Crippen molar-refractivity contribution in [3.05, 3.63) is 64.7 Å². The van der Waals surface area contributed by atoms with E-state index in [-0.39, 0.29) is 25.4 Å². The highest BCUT2D eigenvalue weighted by atomic mass is 32.2. The summed E-state index contributed by atoms with van der Waals surface area (Å²) in [5.74, 6) is -0.121. The van der Waals surface area contributed by atoms with E-state index >= 15 is 0 Å². The van der Waals surface area contributed by atoms with Crippen molar-refractivity contribution in [3.63, 3.8) is 0 Å². The molecule has 0 atom stereocenters. The minimum absolute atomic E-state index is 0.121. The number of hydrogen-bond acceptors (Lipinski definition) is 3. The predicted octanol–water partition coefficient (Wildman–Crippen LogP) is 2.74. The summed E-state index contributed by atoms with van der Waals surface area (Å²) in [6, 6.07) is 13.4. The molecule has 2 aromatic rings. The van der Waals surface area contributed by atoms with Crippen molar-refractivity contribution >= 4 is 21.6 Å². The van der Waals surface area contributed by atoms with E-state index in [0.717, 1.165) is 22.3 Å². The van der Waals surface area contributed by atoms with E-state index in [2.05, 4.69) is 5.32 Å². The van der Waals surface area contributed by atoms with Crippen molar-refractivity contribution in [2.75, 3.05) is 23.7 Å². The van der Waals surface area contributed by atoms with Crippen LogP contribution in [0.4, 0.5) is 5.69 Å². The number of hydrogen-bond donors (Lipinski definition) is 1. The van der Waals surface area contributed by atoms with Crippen LogP contribution in [0.1, 0.15) is 22.3 Å². The molecule has 0 aliphatic carbocycles. The molecular formula is C20H26N2O3S. The van der Waals surface area contributed by atoms with Gasteiger partial charge in [-0.2, -0.15) is 0 Å². The van der Waals surface area contributed by atoms with E-state index in [9.17, 15) is 13.2 Å². The Hall–Kier alpha value is -2.34. The maximum atomic E-state index is 12.2. The van der Waals surface area contributed by atoms with Crippen molar-refractivity contribution in [2.45, 2.75) is 27.2 Å². The average molecular weight is 375 g/mol. The normalized spacial score (nSPS) is 11.2. The Kier molecular flexibility index (Phi) is 6.42. The molecule has 0 radical (unpaired) electrons. The Bertz CT molecular complexity index is 871. The molecule has 0 saturated carbocycles. The first-order chi connectivity index (χ1) is 12.1. The van der Waals surface area contributed by atoms with E-state index < -0.39 is 10.0 Å². The third kappa shape index (κ3) is 5.88. The highest BCUT2D eigenvalue weighted by molar-refractivity contribution is 7.92. The third-order valence-electron chi connectivity index (χ3n) is 3.98. The van der Waals surface area contributed by atoms with Crippen LogP contribution in [0.3, 0.4) is 0 Å². The second-order valence-corrected chi connectivity index (χ2v) is 8.60. The molecule has 26 heavy (non-hydrogen) atoms. The van der Waals surface area contributed by atoms with Gasteiger partial charge in [-0.1, -0.05) is 35.9 Å². The van der Waals surface area contributed by atoms with E-state index in [4.69, 9.17) is 0 Å². The van der Waals surface area contributed by atoms with Gasteiger partial charge in [0.2, 0.25) is 15.9 Å². The lowest BCUT2D eigenvalue weighted by atomic mass is 10.1. The second-order valence-electron chi connectivity index (χ2n) is 6.70. The number of sulfonamides is 1. The van der Waals surface area contributed by atoms with Gasteiger partial charge in [-0.15, -0.1) is 0 Å². The number of carbonyl (C=O) groups excluding carboxylic acids is 1. The Morgan fingerprint density at radius 2 is 1.65 bits per heavy atom. The molecule has 0 spiro atoms. The molecule has 0 fully saturated rings. The summed E-state index contributed by atoms with van der Waals surface area (Å²) in [6.45, 7) is 6.29. The van der Waals surface area contributed by atoms with E-state index in [1.165, 1.54) is 10.6 Å². The number of nitrogens with zero attached hydrogens (tertiary/aromatic N) is 1. The fourth-order valence-corrected chi connectivity index (χ4v) is 3.86. The SMILES string of the molecule is Cc1cccc(CC(=O)NCCN(c2cc(C)cc(C)c2)S(C)(=O)=O)c1. The maximum Gasteiger partial charge on any atom is 0.232 e. The Morgan fingerprint density at radius 1 is 1.00 bits per heavy atom. The van der Waals surface area contributed by atoms with Gasteiger partial charge in [-0.25, -0.2) is 8.42 Å². The van der Waals surface area contributed by atoms with E-state index in [0.29, 0.717) is 5.69 Å². The monoisotopic (exact) mass is 374 g/mol. The van der Waals surface area contributed by atoms with Crippen molar-refractivity contribution in [1.82, 2.24) is 5.32 Å². The maximum absolute atomic E-state index is 12.2. The lowest BCUT2D eigenvalue weighted by molar-refractivity contribution is -0.120. The zero-order valence-electron chi connectivity index (χ0n) is 15.7. The van der Waals surface area contributed by atoms with Crippen LogP contribution in [0.5, 0.6) is 0 Å². The fraction of sp³-hybridized carbons (Fsp3) is 0.350. The second kappa shape index (κ2) is 8.36. The van der Waals surface area contributed by atoms with E-state index in [1.807, 2.05) is 63.2 Å². The van der Waals surface area contributed by atoms with Gasteiger partial charge in [0, 0.05) is 6.54 Å². The zero-order valence-corrected chi connectivity index (χ0v) is 16.6. The fourth-order valence-electron chi connectivity index (χ4n) is 2.95. The number of nitrogens with one attached hydrogen (secondary N) is 1. The van der Waals surface area contributed by atoms with Gasteiger partial charge in [0.1, 0.15) is 0 Å². The lowest BCUT2D eigenvalue weighted by Gasteiger charge is -2.23. The van der Waals surface area contributed by atoms with Crippen LogP contribution >= 0.6 is 0 Å². The van der Waals surface area contributed by atoms with Crippen LogP contribution in [-0.2, 0) is 21.2 Å². The summed E-state index contributed by atoms with van der Waals surface area (Å²) in [6.07, 6.45) is 1.46. The van der Waals surface area contributed by atoms with Crippen LogP contribution in [0, 0.1) is 20.8 Å². The molecule has 6 heteroatoms. The highest BCUT2D eigenvalue weighted by Gasteiger charge is 2.18. The quantitative estimate of drug-likeness (QED) is 0.810. The molecule has 0 saturated heterocycles. The van der Waals surface area contributed by atoms with Crippen LogP contribution in [0.15, 0.2) is 42.5 Å². The molecule has 0 aliphatic heterocycles. The minimum atomic E-state index is -3.43. The van der Waals surface area contributed by atoms with Gasteiger partial charge in [-0.05, 0) is 49.6 Å². The third-order valence-corrected chi connectivity index (χ3v) is 5.17. The number of amides is 1. The van der Waals surface area contributed by atoms with Gasteiger partial charge in [-0.3, -0.25) is 9.10 Å². The first-order valence-corrected chi connectivity index (χ1v) is 10.4. The van der Waals surface area contributed by atoms with Crippen molar-refractivity contribution < 1.29 is 13.2 Å². The summed E-state index contributed by atoms with van der Waals surface area (Å²) >= 11 is 0. The predicted molar refractivity (Wildman–Crippen MR) is 106 cm³/mol. The molecule has 1 N–H and O–H groups in total. The molecule has 0 bridgehead atoms. The van der Waals surface area contributed by atoms with Crippen LogP contribution in [0.2, 0.25) is 0 Å². The van der Waals surface area contributed by atoms with Crippen LogP contribution in [-0.4, -0.2) is 33.7 Å². The topological polar surface area (TPSA) is 66.5 Å². The number of anilines is 1. The number of aryl methyl sites for hydroxylation is 3. The number of benzene rings is 2. The summed E-state index contributed by atoms with van der Waals surface area (Å²) in [5.41, 5.74) is 4.66. The van der Waals surface area contributed by atoms with Crippen LogP contribution in [0.25, 0.3) is 0 Å². The van der Waals surface area contributed by atoms with Crippen molar-refractivity contribution in [3.8, 4) is 0 Å². The first-order valence-electron chi connectivity index (χ1n) is 8.53. The summed E-state index contributed by atoms with van der Waals surface area (Å²) in [7, 11) is -3.43. The Balaban J connectivity index is 2.00. The first kappa shape index (κ1) is 20.0. The molecule has 5 nitrogen and oxygen atoms in total. The van der Waals surface area contributed by atoms with Gasteiger partial charge in [0.15, 0.2) is 0 Å². The Morgan fingerprint density at radius 3 is 2.23 bits per heavy atom. The molecule has 140 valence electrons. The summed E-state index contributed by atoms with van der Waals surface area (Å²) in [5, 5.41) is 2.81. The zero-order chi connectivity index (χ0) is 19.3. The Labute approximate surface area is 156 Å². The van der Waals surface area contributed by atoms with Crippen LogP contribution < -0.4 is 9.62 Å². The number of carbonyl (C=O) groups is 1. The van der Waals surface area contributed by atoms with Gasteiger partial charge < -0.3 is 5.32 Å². The van der Waals surface area contributed by atoms with Gasteiger partial charge in [0.05, 0.1) is 24.9 Å². The standard InChI is InChI=1S/C20H26N2O3S/c1-15-6-5-7-18(11-15)14-20(23)21-8-9-22(26(4,24)25)19-12-16(2)10-17(3)13-19/h5-7,10-13H,8-9,14H2,1-4H3,(H,21,23). The lowest BCUT2D eigenvalue weighted by Crippen LogP contribution is -2.38.